The van der Waals surface area contributed by atoms with E-state index in [-0.39, 0.29) is 11.3 Å². The molecule has 134 valence electrons. The molecule has 0 radical (unpaired) electrons. The zero-order chi connectivity index (χ0) is 18.3. The number of hydrogen-bond acceptors (Lipinski definition) is 4. The Labute approximate surface area is 158 Å². The summed E-state index contributed by atoms with van der Waals surface area (Å²) in [6, 6.07) is 8.42. The molecule has 5 heteroatoms. The molecule has 1 aliphatic carbocycles. The summed E-state index contributed by atoms with van der Waals surface area (Å²) >= 11 is 1.62. The van der Waals surface area contributed by atoms with Gasteiger partial charge < -0.3 is 4.90 Å². The maximum atomic E-state index is 12.8. The second-order valence-electron chi connectivity index (χ2n) is 7.36. The molecular formula is C21H23N3OS. The van der Waals surface area contributed by atoms with Crippen LogP contribution in [0.4, 0.5) is 5.69 Å². The molecule has 2 heterocycles. The normalized spacial score (nSPS) is 25.5. The van der Waals surface area contributed by atoms with Crippen LogP contribution in [-0.2, 0) is 10.2 Å². The van der Waals surface area contributed by atoms with Gasteiger partial charge in [0.1, 0.15) is 10.5 Å². The summed E-state index contributed by atoms with van der Waals surface area (Å²) < 4.78 is 0. The number of anilines is 1. The second-order valence-corrected chi connectivity index (χ2v) is 8.19. The van der Waals surface area contributed by atoms with Crippen LogP contribution in [0.2, 0.25) is 0 Å². The number of nitrogens with zero attached hydrogens (tertiary/aromatic N) is 3. The summed E-state index contributed by atoms with van der Waals surface area (Å²) in [5.74, 6) is 0.734. The Hall–Kier alpha value is -2.27. The quantitative estimate of drug-likeness (QED) is 0.784. The van der Waals surface area contributed by atoms with Crippen LogP contribution in [0.5, 0.6) is 0 Å². The van der Waals surface area contributed by atoms with E-state index in [4.69, 9.17) is 0 Å². The van der Waals surface area contributed by atoms with Gasteiger partial charge in [-0.1, -0.05) is 38.6 Å². The third-order valence-corrected chi connectivity index (χ3v) is 6.61. The Kier molecular flexibility index (Phi) is 4.27. The number of hydrogen-bond donors (Lipinski definition) is 0. The molecule has 1 aromatic carbocycles. The minimum absolute atomic E-state index is 0.0539. The molecule has 1 amide bonds. The Morgan fingerprint density at radius 3 is 2.81 bits per heavy atom. The van der Waals surface area contributed by atoms with Gasteiger partial charge in [0.25, 0.3) is 5.91 Å². The molecule has 1 saturated carbocycles. The molecule has 0 N–H and O–H groups in total. The molecular weight excluding hydrogens is 342 g/mol. The lowest BCUT2D eigenvalue weighted by Crippen LogP contribution is -2.41. The van der Waals surface area contributed by atoms with Crippen LogP contribution in [0, 0.1) is 5.92 Å². The van der Waals surface area contributed by atoms with E-state index in [0.29, 0.717) is 12.5 Å². The topological polar surface area (TPSA) is 46.1 Å². The Morgan fingerprint density at radius 1 is 1.42 bits per heavy atom. The van der Waals surface area contributed by atoms with Crippen molar-refractivity contribution in [1.82, 2.24) is 10.2 Å². The molecule has 4 rings (SSSR count). The molecule has 0 spiro atoms. The number of carbonyl (C=O) groups is 1. The van der Waals surface area contributed by atoms with Crippen molar-refractivity contribution < 1.29 is 4.79 Å². The van der Waals surface area contributed by atoms with Crippen molar-refractivity contribution in [2.45, 2.75) is 38.5 Å². The van der Waals surface area contributed by atoms with Crippen LogP contribution in [0.1, 0.15) is 43.7 Å². The molecule has 1 fully saturated rings. The first kappa shape index (κ1) is 17.2. The van der Waals surface area contributed by atoms with Gasteiger partial charge in [-0.15, -0.1) is 21.5 Å². The lowest BCUT2D eigenvalue weighted by atomic mass is 9.59. The highest BCUT2D eigenvalue weighted by atomic mass is 32.1. The van der Waals surface area contributed by atoms with E-state index < -0.39 is 0 Å². The first-order valence-electron chi connectivity index (χ1n) is 9.12. The van der Waals surface area contributed by atoms with Gasteiger partial charge in [0.05, 0.1) is 0 Å². The molecule has 0 atom stereocenters. The summed E-state index contributed by atoms with van der Waals surface area (Å²) in [4.78, 5) is 14.7. The van der Waals surface area contributed by atoms with Gasteiger partial charge in [-0.2, -0.15) is 0 Å². The van der Waals surface area contributed by atoms with Gasteiger partial charge >= 0.3 is 0 Å². The lowest BCUT2D eigenvalue weighted by Gasteiger charge is -2.45. The van der Waals surface area contributed by atoms with Crippen LogP contribution in [-0.4, -0.2) is 22.6 Å². The Balaban J connectivity index is 1.70. The number of benzene rings is 1. The average molecular weight is 366 g/mol. The van der Waals surface area contributed by atoms with Crippen molar-refractivity contribution in [3.63, 3.8) is 0 Å². The van der Waals surface area contributed by atoms with Crippen molar-refractivity contribution in [2.24, 2.45) is 5.92 Å². The maximum absolute atomic E-state index is 12.8. The van der Waals surface area contributed by atoms with E-state index in [1.165, 1.54) is 5.56 Å². The van der Waals surface area contributed by atoms with Crippen molar-refractivity contribution in [3.8, 4) is 0 Å². The third-order valence-electron chi connectivity index (χ3n) is 5.71. The van der Waals surface area contributed by atoms with Crippen LogP contribution >= 0.6 is 11.3 Å². The highest BCUT2D eigenvalue weighted by molar-refractivity contribution is 7.09. The SMILES string of the molecule is C=CC1=C(CC)CN(c2cccc(C3(c4nncs4)CC(C)C3)c2)C1=O. The zero-order valence-electron chi connectivity index (χ0n) is 15.2. The predicted octanol–water partition coefficient (Wildman–Crippen LogP) is 4.49. The minimum Gasteiger partial charge on any atom is -0.304 e. The van der Waals surface area contributed by atoms with Gasteiger partial charge in [-0.3, -0.25) is 4.79 Å². The first-order valence-corrected chi connectivity index (χ1v) is 10.0. The molecule has 1 aliphatic heterocycles. The summed E-state index contributed by atoms with van der Waals surface area (Å²) in [6.07, 6.45) is 4.73. The zero-order valence-corrected chi connectivity index (χ0v) is 16.1. The second kappa shape index (κ2) is 6.47. The van der Waals surface area contributed by atoms with E-state index in [2.05, 4.69) is 48.8 Å². The third kappa shape index (κ3) is 2.53. The van der Waals surface area contributed by atoms with Crippen LogP contribution < -0.4 is 4.90 Å². The van der Waals surface area contributed by atoms with E-state index in [0.717, 1.165) is 41.1 Å². The van der Waals surface area contributed by atoms with Crippen molar-refractivity contribution in [3.05, 3.63) is 64.1 Å². The highest BCUT2D eigenvalue weighted by Crippen LogP contribution is 2.53. The van der Waals surface area contributed by atoms with E-state index in [9.17, 15) is 4.79 Å². The monoisotopic (exact) mass is 365 g/mol. The van der Waals surface area contributed by atoms with Gasteiger partial charge in [-0.05, 0) is 48.4 Å². The number of rotatable bonds is 5. The number of aromatic nitrogens is 2. The van der Waals surface area contributed by atoms with Crippen LogP contribution in [0.3, 0.4) is 0 Å². The van der Waals surface area contributed by atoms with E-state index in [1.54, 1.807) is 17.4 Å². The molecule has 0 bridgehead atoms. The molecule has 0 saturated heterocycles. The molecule has 1 aromatic heterocycles. The van der Waals surface area contributed by atoms with E-state index >= 15 is 0 Å². The molecule has 2 aliphatic rings. The largest absolute Gasteiger partial charge is 0.304 e. The smallest absolute Gasteiger partial charge is 0.258 e. The minimum atomic E-state index is -0.0539. The van der Waals surface area contributed by atoms with Crippen LogP contribution in [0.15, 0.2) is 53.6 Å². The number of carbonyl (C=O) groups excluding carboxylic acids is 1. The lowest BCUT2D eigenvalue weighted by molar-refractivity contribution is -0.114. The van der Waals surface area contributed by atoms with Crippen molar-refractivity contribution in [1.29, 1.82) is 0 Å². The van der Waals surface area contributed by atoms with Gasteiger partial charge in [0.15, 0.2) is 0 Å². The molecule has 2 aromatic rings. The van der Waals surface area contributed by atoms with E-state index in [1.807, 2.05) is 16.5 Å². The molecule has 26 heavy (non-hydrogen) atoms. The predicted molar refractivity (Wildman–Crippen MR) is 105 cm³/mol. The Morgan fingerprint density at radius 2 is 2.23 bits per heavy atom. The summed E-state index contributed by atoms with van der Waals surface area (Å²) in [6.45, 7) is 8.84. The van der Waals surface area contributed by atoms with Gasteiger partial charge in [-0.25, -0.2) is 0 Å². The first-order chi connectivity index (χ1) is 12.6. The fourth-order valence-electron chi connectivity index (χ4n) is 4.40. The standard InChI is InChI=1S/C21H23N3OS/c1-4-15-12-24(19(25)18(15)5-2)17-8-6-7-16(9-17)21(10-14(3)11-21)20-23-22-13-26-20/h5-9,13-14H,2,4,10-12H2,1,3H3. The number of amides is 1. The van der Waals surface area contributed by atoms with Crippen LogP contribution in [0.25, 0.3) is 0 Å². The average Bonchev–Trinajstić information content (AvgIpc) is 3.26. The van der Waals surface area contributed by atoms with Crippen molar-refractivity contribution >= 4 is 22.9 Å². The fraction of sp³-hybridized carbons (Fsp3) is 0.381. The summed E-state index contributed by atoms with van der Waals surface area (Å²) in [5.41, 5.74) is 5.87. The Bertz CT molecular complexity index is 878. The fourth-order valence-corrected chi connectivity index (χ4v) is 5.20. The van der Waals surface area contributed by atoms with Gasteiger partial charge in [0.2, 0.25) is 0 Å². The molecule has 4 nitrogen and oxygen atoms in total. The highest BCUT2D eigenvalue weighted by Gasteiger charge is 2.47. The molecule has 0 unspecified atom stereocenters. The maximum Gasteiger partial charge on any atom is 0.258 e. The summed E-state index contributed by atoms with van der Waals surface area (Å²) in [5, 5.41) is 9.52. The van der Waals surface area contributed by atoms with Crippen molar-refractivity contribution in [2.75, 3.05) is 11.4 Å². The summed E-state index contributed by atoms with van der Waals surface area (Å²) in [7, 11) is 0. The van der Waals surface area contributed by atoms with Gasteiger partial charge in [0, 0.05) is 23.2 Å².